The second-order valence-electron chi connectivity index (χ2n) is 3.85. The number of hydrogen-bond acceptors (Lipinski definition) is 0. The SMILES string of the molecule is Fc1ccc(CC(Cl)c2cccc(Br)c2)cc1. The van der Waals surface area contributed by atoms with Crippen LogP contribution in [0.2, 0.25) is 0 Å². The first kappa shape index (κ1) is 12.6. The van der Waals surface area contributed by atoms with Crippen molar-refractivity contribution in [2.45, 2.75) is 11.8 Å². The zero-order valence-electron chi connectivity index (χ0n) is 9.04. The van der Waals surface area contributed by atoms with Crippen LogP contribution in [0.5, 0.6) is 0 Å². The van der Waals surface area contributed by atoms with Crippen molar-refractivity contribution >= 4 is 27.5 Å². The molecule has 0 aliphatic carbocycles. The molecule has 0 amide bonds. The van der Waals surface area contributed by atoms with E-state index in [0.29, 0.717) is 6.42 Å². The molecule has 0 bridgehead atoms. The predicted octanol–water partition coefficient (Wildman–Crippen LogP) is 5.11. The summed E-state index contributed by atoms with van der Waals surface area (Å²) < 4.78 is 13.8. The van der Waals surface area contributed by atoms with Crippen LogP contribution < -0.4 is 0 Å². The molecule has 0 nitrogen and oxygen atoms in total. The number of rotatable bonds is 3. The molecular weight excluding hydrogens is 303 g/mol. The van der Waals surface area contributed by atoms with Gasteiger partial charge in [-0.25, -0.2) is 4.39 Å². The van der Waals surface area contributed by atoms with Crippen LogP contribution in [-0.4, -0.2) is 0 Å². The molecule has 0 aliphatic rings. The molecule has 0 N–H and O–H groups in total. The first-order valence-electron chi connectivity index (χ1n) is 5.29. The molecule has 2 aromatic rings. The third-order valence-corrected chi connectivity index (χ3v) is 3.44. The summed E-state index contributed by atoms with van der Waals surface area (Å²) in [5.41, 5.74) is 2.09. The van der Waals surface area contributed by atoms with E-state index in [1.165, 1.54) is 12.1 Å². The van der Waals surface area contributed by atoms with Crippen LogP contribution >= 0.6 is 27.5 Å². The standard InChI is InChI=1S/C14H11BrClF/c15-12-3-1-2-11(9-12)14(16)8-10-4-6-13(17)7-5-10/h1-7,9,14H,8H2. The van der Waals surface area contributed by atoms with Crippen LogP contribution in [0.15, 0.2) is 53.0 Å². The largest absolute Gasteiger partial charge is 0.207 e. The lowest BCUT2D eigenvalue weighted by atomic mass is 10.0. The van der Waals surface area contributed by atoms with Gasteiger partial charge in [-0.15, -0.1) is 11.6 Å². The van der Waals surface area contributed by atoms with E-state index in [9.17, 15) is 4.39 Å². The van der Waals surface area contributed by atoms with Crippen molar-refractivity contribution in [3.63, 3.8) is 0 Å². The molecule has 17 heavy (non-hydrogen) atoms. The molecule has 0 saturated heterocycles. The summed E-state index contributed by atoms with van der Waals surface area (Å²) in [7, 11) is 0. The minimum absolute atomic E-state index is 0.0991. The fourth-order valence-electron chi connectivity index (χ4n) is 1.65. The Bertz CT molecular complexity index is 496. The first-order valence-corrected chi connectivity index (χ1v) is 6.52. The molecule has 2 rings (SSSR count). The molecular formula is C14H11BrClF. The highest BCUT2D eigenvalue weighted by Crippen LogP contribution is 2.27. The molecule has 1 unspecified atom stereocenters. The molecule has 1 atom stereocenters. The maximum Gasteiger partial charge on any atom is 0.123 e. The Labute approximate surface area is 114 Å². The van der Waals surface area contributed by atoms with Crippen molar-refractivity contribution in [1.82, 2.24) is 0 Å². The van der Waals surface area contributed by atoms with Crippen LogP contribution in [0.4, 0.5) is 4.39 Å². The lowest BCUT2D eigenvalue weighted by molar-refractivity contribution is 0.627. The van der Waals surface area contributed by atoms with Gasteiger partial charge < -0.3 is 0 Å². The van der Waals surface area contributed by atoms with Crippen LogP contribution in [0.3, 0.4) is 0 Å². The van der Waals surface area contributed by atoms with Gasteiger partial charge in [-0.05, 0) is 41.8 Å². The smallest absolute Gasteiger partial charge is 0.123 e. The minimum atomic E-state index is -0.220. The summed E-state index contributed by atoms with van der Waals surface area (Å²) in [6.45, 7) is 0. The Kier molecular flexibility index (Phi) is 4.19. The zero-order valence-corrected chi connectivity index (χ0v) is 11.4. The van der Waals surface area contributed by atoms with Gasteiger partial charge in [0, 0.05) is 4.47 Å². The van der Waals surface area contributed by atoms with Crippen LogP contribution in [0.25, 0.3) is 0 Å². The van der Waals surface area contributed by atoms with Gasteiger partial charge in [0.15, 0.2) is 0 Å². The summed E-state index contributed by atoms with van der Waals surface area (Å²) in [5.74, 6) is -0.220. The molecule has 0 aliphatic heterocycles. The van der Waals surface area contributed by atoms with Crippen LogP contribution in [0.1, 0.15) is 16.5 Å². The predicted molar refractivity (Wildman–Crippen MR) is 72.8 cm³/mol. The molecule has 0 fully saturated rings. The van der Waals surface area contributed by atoms with Crippen molar-refractivity contribution < 1.29 is 4.39 Å². The average Bonchev–Trinajstić information content (AvgIpc) is 2.32. The normalized spacial score (nSPS) is 12.4. The van der Waals surface area contributed by atoms with E-state index in [1.54, 1.807) is 12.1 Å². The maximum absolute atomic E-state index is 12.8. The van der Waals surface area contributed by atoms with Gasteiger partial charge in [0.05, 0.1) is 5.38 Å². The highest BCUT2D eigenvalue weighted by atomic mass is 79.9. The number of hydrogen-bond donors (Lipinski definition) is 0. The quantitative estimate of drug-likeness (QED) is 0.691. The molecule has 3 heteroatoms. The second kappa shape index (κ2) is 5.65. The minimum Gasteiger partial charge on any atom is -0.207 e. The molecule has 0 spiro atoms. The third-order valence-electron chi connectivity index (χ3n) is 2.54. The molecule has 2 aromatic carbocycles. The van der Waals surface area contributed by atoms with E-state index in [2.05, 4.69) is 15.9 Å². The Hall–Kier alpha value is -0.860. The summed E-state index contributed by atoms with van der Waals surface area (Å²) in [6, 6.07) is 14.4. The van der Waals surface area contributed by atoms with Crippen LogP contribution in [-0.2, 0) is 6.42 Å². The van der Waals surface area contributed by atoms with Crippen LogP contribution in [0, 0.1) is 5.82 Å². The molecule has 0 radical (unpaired) electrons. The van der Waals surface area contributed by atoms with Crippen molar-refractivity contribution in [2.75, 3.05) is 0 Å². The molecule has 0 heterocycles. The van der Waals surface area contributed by atoms with E-state index < -0.39 is 0 Å². The number of halogens is 3. The van der Waals surface area contributed by atoms with Gasteiger partial charge >= 0.3 is 0 Å². The van der Waals surface area contributed by atoms with Gasteiger partial charge in [-0.1, -0.05) is 40.2 Å². The van der Waals surface area contributed by atoms with E-state index in [-0.39, 0.29) is 11.2 Å². The van der Waals surface area contributed by atoms with E-state index in [4.69, 9.17) is 11.6 Å². The molecule has 88 valence electrons. The first-order chi connectivity index (χ1) is 8.15. The topological polar surface area (TPSA) is 0 Å². The Morgan fingerprint density at radius 2 is 1.82 bits per heavy atom. The lowest BCUT2D eigenvalue weighted by Gasteiger charge is -2.10. The fraction of sp³-hybridized carbons (Fsp3) is 0.143. The monoisotopic (exact) mass is 312 g/mol. The summed E-state index contributed by atoms with van der Waals surface area (Å²) in [6.07, 6.45) is 0.693. The van der Waals surface area contributed by atoms with E-state index in [1.807, 2.05) is 24.3 Å². The highest BCUT2D eigenvalue weighted by Gasteiger charge is 2.09. The average molecular weight is 314 g/mol. The summed E-state index contributed by atoms with van der Waals surface area (Å²) in [5, 5.41) is -0.0991. The fourth-order valence-corrected chi connectivity index (χ4v) is 2.38. The third kappa shape index (κ3) is 3.55. The van der Waals surface area contributed by atoms with E-state index in [0.717, 1.165) is 15.6 Å². The van der Waals surface area contributed by atoms with E-state index >= 15 is 0 Å². The molecule has 0 saturated carbocycles. The van der Waals surface area contributed by atoms with Crippen molar-refractivity contribution in [2.24, 2.45) is 0 Å². The summed E-state index contributed by atoms with van der Waals surface area (Å²) >= 11 is 9.76. The number of benzene rings is 2. The lowest BCUT2D eigenvalue weighted by Crippen LogP contribution is -1.96. The van der Waals surface area contributed by atoms with Gasteiger partial charge in [0.1, 0.15) is 5.82 Å². The van der Waals surface area contributed by atoms with Crippen molar-refractivity contribution in [3.05, 3.63) is 69.9 Å². The Balaban J connectivity index is 2.11. The zero-order chi connectivity index (χ0) is 12.3. The van der Waals surface area contributed by atoms with Crippen molar-refractivity contribution in [3.8, 4) is 0 Å². The Morgan fingerprint density at radius 3 is 2.47 bits per heavy atom. The molecule has 0 aromatic heterocycles. The highest BCUT2D eigenvalue weighted by molar-refractivity contribution is 9.10. The summed E-state index contributed by atoms with van der Waals surface area (Å²) in [4.78, 5) is 0. The number of alkyl halides is 1. The van der Waals surface area contributed by atoms with Gasteiger partial charge in [-0.2, -0.15) is 0 Å². The Morgan fingerprint density at radius 1 is 1.12 bits per heavy atom. The van der Waals surface area contributed by atoms with Gasteiger partial charge in [-0.3, -0.25) is 0 Å². The van der Waals surface area contributed by atoms with Gasteiger partial charge in [0.25, 0.3) is 0 Å². The maximum atomic E-state index is 12.8. The van der Waals surface area contributed by atoms with Crippen molar-refractivity contribution in [1.29, 1.82) is 0 Å². The van der Waals surface area contributed by atoms with Gasteiger partial charge in [0.2, 0.25) is 0 Å². The second-order valence-corrected chi connectivity index (χ2v) is 5.30.